The molecule has 2 aromatic rings. The Kier molecular flexibility index (Phi) is 5.94. The van der Waals surface area contributed by atoms with Crippen LogP contribution in [-0.4, -0.2) is 27.0 Å². The first-order chi connectivity index (χ1) is 11.4. The number of benzene rings is 2. The smallest absolute Gasteiger partial charge is 0.240 e. The molecule has 0 spiro atoms. The van der Waals surface area contributed by atoms with Gasteiger partial charge in [-0.05, 0) is 43.3 Å². The molecule has 0 radical (unpaired) electrons. The van der Waals surface area contributed by atoms with Gasteiger partial charge in [-0.25, -0.2) is 13.1 Å². The van der Waals surface area contributed by atoms with E-state index in [1.807, 2.05) is 30.3 Å². The number of rotatable bonds is 7. The molecule has 128 valence electrons. The van der Waals surface area contributed by atoms with Gasteiger partial charge in [-0.1, -0.05) is 18.2 Å². The van der Waals surface area contributed by atoms with Crippen LogP contribution in [0.15, 0.2) is 59.5 Å². The fourth-order valence-electron chi connectivity index (χ4n) is 2.00. The summed E-state index contributed by atoms with van der Waals surface area (Å²) < 4.78 is 32.7. The maximum Gasteiger partial charge on any atom is 0.240 e. The predicted octanol–water partition coefficient (Wildman–Crippen LogP) is 2.39. The first-order valence-electron chi connectivity index (χ1n) is 7.46. The fourth-order valence-corrected chi connectivity index (χ4v) is 3.12. The Morgan fingerprint density at radius 1 is 1.08 bits per heavy atom. The Bertz CT molecular complexity index is 774. The van der Waals surface area contributed by atoms with Crippen LogP contribution < -0.4 is 14.8 Å². The maximum atomic E-state index is 12.3. The van der Waals surface area contributed by atoms with Crippen molar-refractivity contribution < 1.29 is 17.9 Å². The van der Waals surface area contributed by atoms with Gasteiger partial charge in [0.25, 0.3) is 0 Å². The third-order valence-corrected chi connectivity index (χ3v) is 4.57. The zero-order valence-corrected chi connectivity index (χ0v) is 14.3. The molecule has 0 fully saturated rings. The Labute approximate surface area is 141 Å². The number of amides is 1. The Hall–Kier alpha value is -2.38. The van der Waals surface area contributed by atoms with Crippen molar-refractivity contribution in [1.82, 2.24) is 4.72 Å². The van der Waals surface area contributed by atoms with Crippen LogP contribution >= 0.6 is 0 Å². The molecule has 1 atom stereocenters. The molecule has 0 heterocycles. The van der Waals surface area contributed by atoms with Crippen LogP contribution in [0.1, 0.15) is 13.8 Å². The van der Waals surface area contributed by atoms with Gasteiger partial charge in [0, 0.05) is 19.2 Å². The van der Waals surface area contributed by atoms with E-state index < -0.39 is 10.0 Å². The van der Waals surface area contributed by atoms with Crippen molar-refractivity contribution in [2.75, 3.05) is 11.9 Å². The molecule has 6 nitrogen and oxygen atoms in total. The van der Waals surface area contributed by atoms with Crippen LogP contribution in [0.5, 0.6) is 5.75 Å². The van der Waals surface area contributed by atoms with Crippen molar-refractivity contribution in [2.24, 2.45) is 0 Å². The number of nitrogens with one attached hydrogen (secondary N) is 2. The van der Waals surface area contributed by atoms with Gasteiger partial charge < -0.3 is 10.1 Å². The van der Waals surface area contributed by atoms with E-state index in [1.165, 1.54) is 19.1 Å². The second-order valence-electron chi connectivity index (χ2n) is 5.30. The summed E-state index contributed by atoms with van der Waals surface area (Å²) in [6.45, 7) is 3.32. The van der Waals surface area contributed by atoms with Crippen molar-refractivity contribution in [3.63, 3.8) is 0 Å². The Morgan fingerprint density at radius 2 is 1.71 bits per heavy atom. The fraction of sp³-hybridized carbons (Fsp3) is 0.235. The van der Waals surface area contributed by atoms with Gasteiger partial charge in [0.15, 0.2) is 0 Å². The molecule has 2 aromatic carbocycles. The molecule has 24 heavy (non-hydrogen) atoms. The first kappa shape index (κ1) is 18.0. The lowest BCUT2D eigenvalue weighted by molar-refractivity contribution is -0.114. The summed E-state index contributed by atoms with van der Waals surface area (Å²) >= 11 is 0. The molecule has 0 bridgehead atoms. The van der Waals surface area contributed by atoms with Gasteiger partial charge in [0.1, 0.15) is 11.9 Å². The van der Waals surface area contributed by atoms with Gasteiger partial charge in [0.05, 0.1) is 4.90 Å². The highest BCUT2D eigenvalue weighted by Gasteiger charge is 2.15. The number of ether oxygens (including phenoxy) is 1. The summed E-state index contributed by atoms with van der Waals surface area (Å²) in [7, 11) is -3.64. The van der Waals surface area contributed by atoms with E-state index in [9.17, 15) is 13.2 Å². The molecular weight excluding hydrogens is 328 g/mol. The molecule has 0 aliphatic heterocycles. The molecule has 0 aliphatic rings. The van der Waals surface area contributed by atoms with Crippen molar-refractivity contribution in [3.8, 4) is 5.75 Å². The highest BCUT2D eigenvalue weighted by molar-refractivity contribution is 7.89. The standard InChI is InChI=1S/C17H20N2O4S/c1-13(23-16-6-4-3-5-7-16)12-18-24(21,22)17-10-8-15(9-11-17)19-14(2)20/h3-11,13,18H,12H2,1-2H3,(H,19,20). The number of hydrogen-bond donors (Lipinski definition) is 2. The van der Waals surface area contributed by atoms with Gasteiger partial charge in [-0.3, -0.25) is 4.79 Å². The summed E-state index contributed by atoms with van der Waals surface area (Å²) in [6.07, 6.45) is -0.319. The minimum atomic E-state index is -3.64. The number of carbonyl (C=O) groups excluding carboxylic acids is 1. The van der Waals surface area contributed by atoms with E-state index in [0.29, 0.717) is 11.4 Å². The lowest BCUT2D eigenvalue weighted by Gasteiger charge is -2.15. The third-order valence-electron chi connectivity index (χ3n) is 3.13. The highest BCUT2D eigenvalue weighted by atomic mass is 32.2. The van der Waals surface area contributed by atoms with E-state index in [2.05, 4.69) is 10.0 Å². The highest BCUT2D eigenvalue weighted by Crippen LogP contribution is 2.14. The Balaban J connectivity index is 1.94. The van der Waals surface area contributed by atoms with E-state index in [-0.39, 0.29) is 23.5 Å². The first-order valence-corrected chi connectivity index (χ1v) is 8.94. The number of sulfonamides is 1. The molecule has 2 rings (SSSR count). The molecule has 0 saturated carbocycles. The van der Waals surface area contributed by atoms with Gasteiger partial charge in [0.2, 0.25) is 15.9 Å². The molecule has 7 heteroatoms. The predicted molar refractivity (Wildman–Crippen MR) is 92.5 cm³/mol. The average Bonchev–Trinajstić information content (AvgIpc) is 2.54. The molecule has 2 N–H and O–H groups in total. The van der Waals surface area contributed by atoms with Crippen molar-refractivity contribution in [2.45, 2.75) is 24.8 Å². The Morgan fingerprint density at radius 3 is 2.29 bits per heavy atom. The summed E-state index contributed by atoms with van der Waals surface area (Å²) in [5, 5.41) is 2.59. The SMILES string of the molecule is CC(=O)Nc1ccc(S(=O)(=O)NCC(C)Oc2ccccc2)cc1. The third kappa shape index (κ3) is 5.36. The van der Waals surface area contributed by atoms with Crippen molar-refractivity contribution >= 4 is 21.6 Å². The molecule has 1 amide bonds. The zero-order chi connectivity index (χ0) is 17.6. The van der Waals surface area contributed by atoms with Gasteiger partial charge in [-0.2, -0.15) is 0 Å². The molecule has 0 aliphatic carbocycles. The zero-order valence-electron chi connectivity index (χ0n) is 13.5. The largest absolute Gasteiger partial charge is 0.489 e. The van der Waals surface area contributed by atoms with Gasteiger partial charge >= 0.3 is 0 Å². The summed E-state index contributed by atoms with van der Waals surface area (Å²) in [5.41, 5.74) is 0.544. The second kappa shape index (κ2) is 7.94. The lowest BCUT2D eigenvalue weighted by Crippen LogP contribution is -2.33. The number of anilines is 1. The summed E-state index contributed by atoms with van der Waals surface area (Å²) in [5.74, 6) is 0.472. The summed E-state index contributed by atoms with van der Waals surface area (Å²) in [6, 6.07) is 15.2. The monoisotopic (exact) mass is 348 g/mol. The van der Waals surface area contributed by atoms with Gasteiger partial charge in [-0.15, -0.1) is 0 Å². The minimum Gasteiger partial charge on any atom is -0.489 e. The topological polar surface area (TPSA) is 84.5 Å². The molecule has 0 aromatic heterocycles. The maximum absolute atomic E-state index is 12.3. The molecular formula is C17H20N2O4S. The number of para-hydroxylation sites is 1. The number of hydrogen-bond acceptors (Lipinski definition) is 4. The van der Waals surface area contributed by atoms with E-state index >= 15 is 0 Å². The van der Waals surface area contributed by atoms with Crippen molar-refractivity contribution in [1.29, 1.82) is 0 Å². The van der Waals surface area contributed by atoms with Crippen LogP contribution in [0, 0.1) is 0 Å². The number of carbonyl (C=O) groups is 1. The van der Waals surface area contributed by atoms with E-state index in [4.69, 9.17) is 4.74 Å². The normalized spacial score (nSPS) is 12.4. The van der Waals surface area contributed by atoms with Crippen LogP contribution in [0.25, 0.3) is 0 Å². The molecule has 1 unspecified atom stereocenters. The van der Waals surface area contributed by atoms with E-state index in [0.717, 1.165) is 0 Å². The minimum absolute atomic E-state index is 0.128. The summed E-state index contributed by atoms with van der Waals surface area (Å²) in [4.78, 5) is 11.1. The van der Waals surface area contributed by atoms with E-state index in [1.54, 1.807) is 19.1 Å². The second-order valence-corrected chi connectivity index (χ2v) is 7.07. The lowest BCUT2D eigenvalue weighted by atomic mass is 10.3. The quantitative estimate of drug-likeness (QED) is 0.805. The van der Waals surface area contributed by atoms with Crippen LogP contribution in [0.2, 0.25) is 0 Å². The van der Waals surface area contributed by atoms with Crippen molar-refractivity contribution in [3.05, 3.63) is 54.6 Å². The van der Waals surface area contributed by atoms with Crippen LogP contribution in [0.3, 0.4) is 0 Å². The average molecular weight is 348 g/mol. The van der Waals surface area contributed by atoms with Crippen LogP contribution in [-0.2, 0) is 14.8 Å². The molecule has 0 saturated heterocycles. The van der Waals surface area contributed by atoms with Crippen LogP contribution in [0.4, 0.5) is 5.69 Å².